The number of halogens is 1. The summed E-state index contributed by atoms with van der Waals surface area (Å²) in [6.07, 6.45) is 1.69. The fourth-order valence-electron chi connectivity index (χ4n) is 4.15. The molecule has 0 saturated carbocycles. The van der Waals surface area contributed by atoms with Crippen LogP contribution in [0, 0.1) is 5.82 Å². The van der Waals surface area contributed by atoms with Gasteiger partial charge in [-0.05, 0) is 36.4 Å². The molecule has 7 heteroatoms. The third-order valence-corrected chi connectivity index (χ3v) is 6.94. The number of carbonyl (C=O) groups is 1. The Morgan fingerprint density at radius 1 is 0.861 bits per heavy atom. The second kappa shape index (κ2) is 9.28. The number of para-hydroxylation sites is 2. The minimum Gasteiger partial charge on any atom is -0.278 e. The van der Waals surface area contributed by atoms with Crippen LogP contribution in [0.1, 0.15) is 16.1 Å². The van der Waals surface area contributed by atoms with Crippen LogP contribution in [0.2, 0.25) is 0 Å². The number of amides is 1. The second-order valence-corrected chi connectivity index (χ2v) is 9.24. The van der Waals surface area contributed by atoms with Crippen molar-refractivity contribution in [1.82, 2.24) is 15.0 Å². The minimum absolute atomic E-state index is 0.193. The van der Waals surface area contributed by atoms with E-state index in [1.165, 1.54) is 17.4 Å². The molecular formula is C29H19FN4OS. The van der Waals surface area contributed by atoms with Crippen LogP contribution in [0.5, 0.6) is 0 Å². The number of carbonyl (C=O) groups excluding carboxylic acids is 1. The highest BCUT2D eigenvalue weighted by molar-refractivity contribution is 7.22. The Kier molecular flexibility index (Phi) is 5.67. The second-order valence-electron chi connectivity index (χ2n) is 8.23. The molecular weight excluding hydrogens is 471 g/mol. The van der Waals surface area contributed by atoms with Gasteiger partial charge in [-0.15, -0.1) is 0 Å². The highest BCUT2D eigenvalue weighted by Gasteiger charge is 2.25. The number of hydrogen-bond acceptors (Lipinski definition) is 5. The van der Waals surface area contributed by atoms with Gasteiger partial charge in [0.1, 0.15) is 11.3 Å². The lowest BCUT2D eigenvalue weighted by Gasteiger charge is -2.21. The molecule has 5 nitrogen and oxygen atoms in total. The number of thiazole rings is 1. The number of pyridine rings is 2. The van der Waals surface area contributed by atoms with Gasteiger partial charge in [-0.1, -0.05) is 72.0 Å². The number of anilines is 1. The van der Waals surface area contributed by atoms with Crippen molar-refractivity contribution in [3.05, 3.63) is 120 Å². The van der Waals surface area contributed by atoms with Crippen molar-refractivity contribution in [2.75, 3.05) is 4.90 Å². The summed E-state index contributed by atoms with van der Waals surface area (Å²) in [4.78, 5) is 29.6. The largest absolute Gasteiger partial charge is 0.278 e. The Morgan fingerprint density at radius 3 is 2.47 bits per heavy atom. The molecule has 0 atom stereocenters. The van der Waals surface area contributed by atoms with E-state index in [2.05, 4.69) is 9.97 Å². The van der Waals surface area contributed by atoms with E-state index in [0.717, 1.165) is 16.5 Å². The number of benzene rings is 3. The highest BCUT2D eigenvalue weighted by atomic mass is 32.1. The van der Waals surface area contributed by atoms with Crippen LogP contribution >= 0.6 is 11.3 Å². The zero-order valence-electron chi connectivity index (χ0n) is 19.0. The molecule has 0 unspecified atom stereocenters. The number of aromatic nitrogens is 3. The highest BCUT2D eigenvalue weighted by Crippen LogP contribution is 2.33. The molecule has 0 aliphatic carbocycles. The average molecular weight is 491 g/mol. The Balaban J connectivity index is 1.53. The van der Waals surface area contributed by atoms with E-state index in [0.29, 0.717) is 26.8 Å². The molecule has 0 spiro atoms. The SMILES string of the molecule is O=C(c1cc(-c2ccccc2)nc2ccccc12)N(Cc1ccccn1)c1nc2c(F)cccc2s1. The molecule has 0 N–H and O–H groups in total. The summed E-state index contributed by atoms with van der Waals surface area (Å²) in [5.41, 5.74) is 3.78. The number of nitrogens with zero attached hydrogens (tertiary/aromatic N) is 4. The van der Waals surface area contributed by atoms with Gasteiger partial charge in [0.15, 0.2) is 5.13 Å². The zero-order chi connectivity index (χ0) is 24.5. The van der Waals surface area contributed by atoms with E-state index < -0.39 is 5.82 Å². The molecule has 0 aliphatic heterocycles. The van der Waals surface area contributed by atoms with Gasteiger partial charge in [-0.2, -0.15) is 0 Å². The summed E-state index contributed by atoms with van der Waals surface area (Å²) < 4.78 is 15.2. The number of rotatable bonds is 5. The quantitative estimate of drug-likeness (QED) is 0.264. The summed E-state index contributed by atoms with van der Waals surface area (Å²) in [5, 5.41) is 1.15. The third kappa shape index (κ3) is 4.10. The molecule has 1 amide bonds. The first kappa shape index (κ1) is 22.0. The summed E-state index contributed by atoms with van der Waals surface area (Å²) in [6, 6.07) is 29.5. The maximum Gasteiger partial charge on any atom is 0.261 e. The average Bonchev–Trinajstić information content (AvgIpc) is 3.37. The lowest BCUT2D eigenvalue weighted by molar-refractivity contribution is 0.0986. The van der Waals surface area contributed by atoms with Gasteiger partial charge in [-0.3, -0.25) is 14.7 Å². The zero-order valence-corrected chi connectivity index (χ0v) is 19.8. The molecule has 0 radical (unpaired) electrons. The maximum absolute atomic E-state index is 14.5. The number of fused-ring (bicyclic) bond motifs is 2. The van der Waals surface area contributed by atoms with E-state index in [1.54, 1.807) is 23.2 Å². The first-order valence-electron chi connectivity index (χ1n) is 11.4. The van der Waals surface area contributed by atoms with Gasteiger partial charge in [-0.25, -0.2) is 14.4 Å². The normalized spacial score (nSPS) is 11.1. The predicted octanol–water partition coefficient (Wildman–Crippen LogP) is 6.89. The lowest BCUT2D eigenvalue weighted by Crippen LogP contribution is -2.31. The van der Waals surface area contributed by atoms with Crippen molar-refractivity contribution in [2.24, 2.45) is 0 Å². The molecule has 0 bridgehead atoms. The first-order valence-corrected chi connectivity index (χ1v) is 12.2. The van der Waals surface area contributed by atoms with E-state index in [4.69, 9.17) is 4.98 Å². The van der Waals surface area contributed by atoms with E-state index in [9.17, 15) is 9.18 Å². The monoisotopic (exact) mass is 490 g/mol. The van der Waals surface area contributed by atoms with Crippen LogP contribution in [0.4, 0.5) is 9.52 Å². The Hall–Kier alpha value is -4.49. The standard InChI is InChI=1S/C29H19FN4OS/c30-23-13-8-15-26-27(23)33-29(36-26)34(18-20-11-6-7-16-31-20)28(35)22-17-25(19-9-2-1-3-10-19)32-24-14-5-4-12-21(22)24/h1-17H,18H2. The molecule has 0 fully saturated rings. The topological polar surface area (TPSA) is 59.0 Å². The summed E-state index contributed by atoms with van der Waals surface area (Å²) in [7, 11) is 0. The summed E-state index contributed by atoms with van der Waals surface area (Å²) in [5.74, 6) is -0.670. The van der Waals surface area contributed by atoms with Crippen molar-refractivity contribution in [3.8, 4) is 11.3 Å². The predicted molar refractivity (Wildman–Crippen MR) is 142 cm³/mol. The van der Waals surface area contributed by atoms with Gasteiger partial charge >= 0.3 is 0 Å². The van der Waals surface area contributed by atoms with Crippen LogP contribution in [0.15, 0.2) is 103 Å². The van der Waals surface area contributed by atoms with Crippen LogP contribution in [0.3, 0.4) is 0 Å². The molecule has 174 valence electrons. The maximum atomic E-state index is 14.5. The smallest absolute Gasteiger partial charge is 0.261 e. The molecule has 3 heterocycles. The molecule has 6 aromatic rings. The van der Waals surface area contributed by atoms with Gasteiger partial charge in [0.05, 0.1) is 33.7 Å². The Labute approximate surface area is 210 Å². The Bertz CT molecular complexity index is 1700. The molecule has 3 aromatic carbocycles. The van der Waals surface area contributed by atoms with Crippen molar-refractivity contribution >= 4 is 43.5 Å². The van der Waals surface area contributed by atoms with E-state index in [1.807, 2.05) is 78.9 Å². The van der Waals surface area contributed by atoms with Crippen molar-refractivity contribution < 1.29 is 9.18 Å². The van der Waals surface area contributed by atoms with Gasteiger partial charge in [0.25, 0.3) is 5.91 Å². The third-order valence-electron chi connectivity index (χ3n) is 5.90. The van der Waals surface area contributed by atoms with Crippen LogP contribution in [-0.4, -0.2) is 20.9 Å². The molecule has 0 saturated heterocycles. The molecule has 6 rings (SSSR count). The molecule has 0 aliphatic rings. The first-order chi connectivity index (χ1) is 17.7. The number of hydrogen-bond donors (Lipinski definition) is 0. The van der Waals surface area contributed by atoms with Crippen molar-refractivity contribution in [1.29, 1.82) is 0 Å². The van der Waals surface area contributed by atoms with Crippen LogP contribution in [-0.2, 0) is 6.54 Å². The summed E-state index contributed by atoms with van der Waals surface area (Å²) >= 11 is 1.28. The van der Waals surface area contributed by atoms with Crippen LogP contribution < -0.4 is 4.90 Å². The molecule has 3 aromatic heterocycles. The fraction of sp³-hybridized carbons (Fsp3) is 0.0345. The fourth-order valence-corrected chi connectivity index (χ4v) is 5.13. The molecule has 36 heavy (non-hydrogen) atoms. The van der Waals surface area contributed by atoms with Gasteiger partial charge in [0.2, 0.25) is 0 Å². The minimum atomic E-state index is -0.416. The van der Waals surface area contributed by atoms with E-state index in [-0.39, 0.29) is 18.0 Å². The van der Waals surface area contributed by atoms with Gasteiger partial charge < -0.3 is 0 Å². The lowest BCUT2D eigenvalue weighted by atomic mass is 10.0. The Morgan fingerprint density at radius 2 is 1.67 bits per heavy atom. The van der Waals surface area contributed by atoms with Gasteiger partial charge in [0, 0.05) is 17.1 Å². The van der Waals surface area contributed by atoms with E-state index >= 15 is 0 Å². The van der Waals surface area contributed by atoms with Crippen molar-refractivity contribution in [3.63, 3.8) is 0 Å². The van der Waals surface area contributed by atoms with Crippen LogP contribution in [0.25, 0.3) is 32.4 Å². The summed E-state index contributed by atoms with van der Waals surface area (Å²) in [6.45, 7) is 0.193. The van der Waals surface area contributed by atoms with Crippen molar-refractivity contribution in [2.45, 2.75) is 6.54 Å².